The SMILES string of the molecule is COc1ccc2nc(CCl)n(CCn3ccnc3)c2c1. The van der Waals surface area contributed by atoms with Crippen LogP contribution in [-0.4, -0.2) is 26.2 Å². The van der Waals surface area contributed by atoms with Crippen LogP contribution in [-0.2, 0) is 19.0 Å². The van der Waals surface area contributed by atoms with Gasteiger partial charge in [0, 0.05) is 31.5 Å². The summed E-state index contributed by atoms with van der Waals surface area (Å²) in [6.07, 6.45) is 5.53. The summed E-state index contributed by atoms with van der Waals surface area (Å²) in [7, 11) is 1.66. The van der Waals surface area contributed by atoms with Gasteiger partial charge in [-0.2, -0.15) is 0 Å². The van der Waals surface area contributed by atoms with E-state index in [0.29, 0.717) is 5.88 Å². The molecule has 20 heavy (non-hydrogen) atoms. The quantitative estimate of drug-likeness (QED) is 0.679. The lowest BCUT2D eigenvalue weighted by Crippen LogP contribution is -2.08. The van der Waals surface area contributed by atoms with Gasteiger partial charge in [0.2, 0.25) is 0 Å². The molecule has 2 heterocycles. The number of aryl methyl sites for hydroxylation is 2. The molecule has 0 aliphatic rings. The topological polar surface area (TPSA) is 44.9 Å². The van der Waals surface area contributed by atoms with E-state index in [-0.39, 0.29) is 0 Å². The third kappa shape index (κ3) is 2.36. The van der Waals surface area contributed by atoms with Crippen molar-refractivity contribution in [1.29, 1.82) is 0 Å². The van der Waals surface area contributed by atoms with Crippen molar-refractivity contribution in [3.05, 3.63) is 42.7 Å². The van der Waals surface area contributed by atoms with Crippen molar-refractivity contribution in [3.63, 3.8) is 0 Å². The van der Waals surface area contributed by atoms with Crippen molar-refractivity contribution in [2.75, 3.05) is 7.11 Å². The lowest BCUT2D eigenvalue weighted by atomic mass is 10.3. The van der Waals surface area contributed by atoms with Crippen molar-refractivity contribution in [2.45, 2.75) is 19.0 Å². The van der Waals surface area contributed by atoms with E-state index in [9.17, 15) is 0 Å². The molecule has 0 unspecified atom stereocenters. The zero-order valence-corrected chi connectivity index (χ0v) is 11.9. The van der Waals surface area contributed by atoms with E-state index >= 15 is 0 Å². The van der Waals surface area contributed by atoms with Crippen LogP contribution in [0.15, 0.2) is 36.9 Å². The van der Waals surface area contributed by atoms with E-state index in [1.807, 2.05) is 29.0 Å². The number of alkyl halides is 1. The molecule has 0 radical (unpaired) electrons. The summed E-state index contributed by atoms with van der Waals surface area (Å²) in [5.41, 5.74) is 1.98. The van der Waals surface area contributed by atoms with Crippen LogP contribution in [0.1, 0.15) is 5.82 Å². The van der Waals surface area contributed by atoms with Crippen molar-refractivity contribution in [2.24, 2.45) is 0 Å². The first-order valence-corrected chi connectivity index (χ1v) is 6.90. The van der Waals surface area contributed by atoms with Crippen LogP contribution < -0.4 is 4.74 Å². The first-order chi connectivity index (χ1) is 9.81. The molecule has 0 saturated carbocycles. The number of fused-ring (bicyclic) bond motifs is 1. The number of imidazole rings is 2. The standard InChI is InChI=1S/C14H15ClN4O/c1-20-11-2-3-12-13(8-11)19(14(9-15)17-12)7-6-18-5-4-16-10-18/h2-5,8,10H,6-7,9H2,1H3. The summed E-state index contributed by atoms with van der Waals surface area (Å²) in [6.45, 7) is 1.62. The van der Waals surface area contributed by atoms with Gasteiger partial charge >= 0.3 is 0 Å². The van der Waals surface area contributed by atoms with Gasteiger partial charge in [0.25, 0.3) is 0 Å². The maximum absolute atomic E-state index is 6.00. The molecule has 1 aromatic carbocycles. The fraction of sp³-hybridized carbons (Fsp3) is 0.286. The average Bonchev–Trinajstić information content (AvgIpc) is 3.11. The second kappa shape index (κ2) is 5.54. The van der Waals surface area contributed by atoms with E-state index in [0.717, 1.165) is 35.7 Å². The van der Waals surface area contributed by atoms with Gasteiger partial charge in [-0.05, 0) is 12.1 Å². The highest BCUT2D eigenvalue weighted by Gasteiger charge is 2.10. The number of rotatable bonds is 5. The van der Waals surface area contributed by atoms with E-state index in [1.54, 1.807) is 19.6 Å². The summed E-state index contributed by atoms with van der Waals surface area (Å²) in [4.78, 5) is 8.60. The third-order valence-electron chi connectivity index (χ3n) is 3.29. The predicted molar refractivity (Wildman–Crippen MR) is 78.1 cm³/mol. The Balaban J connectivity index is 1.97. The molecule has 0 aliphatic heterocycles. The maximum atomic E-state index is 6.00. The number of benzene rings is 1. The molecule has 104 valence electrons. The Kier molecular flexibility index (Phi) is 3.60. The van der Waals surface area contributed by atoms with Crippen LogP contribution in [0.25, 0.3) is 11.0 Å². The van der Waals surface area contributed by atoms with Crippen LogP contribution >= 0.6 is 11.6 Å². The predicted octanol–water partition coefficient (Wildman–Crippen LogP) is 2.68. The Morgan fingerprint density at radius 3 is 2.90 bits per heavy atom. The van der Waals surface area contributed by atoms with Crippen molar-refractivity contribution in [3.8, 4) is 5.75 Å². The highest BCUT2D eigenvalue weighted by Crippen LogP contribution is 2.23. The van der Waals surface area contributed by atoms with E-state index in [1.165, 1.54) is 0 Å². The molecule has 6 heteroatoms. The van der Waals surface area contributed by atoms with Gasteiger partial charge < -0.3 is 13.9 Å². The van der Waals surface area contributed by atoms with Gasteiger partial charge in [-0.25, -0.2) is 9.97 Å². The molecule has 3 rings (SSSR count). The minimum atomic E-state index is 0.390. The summed E-state index contributed by atoms with van der Waals surface area (Å²) in [6, 6.07) is 5.86. The zero-order chi connectivity index (χ0) is 13.9. The number of methoxy groups -OCH3 is 1. The molecule has 0 bridgehead atoms. The molecule has 0 saturated heterocycles. The number of halogens is 1. The summed E-state index contributed by atoms with van der Waals surface area (Å²) >= 11 is 6.00. The fourth-order valence-electron chi connectivity index (χ4n) is 2.27. The molecule has 2 aromatic heterocycles. The molecule has 5 nitrogen and oxygen atoms in total. The number of nitrogens with zero attached hydrogens (tertiary/aromatic N) is 4. The van der Waals surface area contributed by atoms with Gasteiger partial charge in [-0.3, -0.25) is 0 Å². The van der Waals surface area contributed by atoms with E-state index in [2.05, 4.69) is 14.5 Å². The largest absolute Gasteiger partial charge is 0.497 e. The third-order valence-corrected chi connectivity index (χ3v) is 3.53. The van der Waals surface area contributed by atoms with Crippen LogP contribution in [0, 0.1) is 0 Å². The van der Waals surface area contributed by atoms with Crippen LogP contribution in [0.3, 0.4) is 0 Å². The lowest BCUT2D eigenvalue weighted by Gasteiger charge is -2.09. The van der Waals surface area contributed by atoms with Crippen LogP contribution in [0.2, 0.25) is 0 Å². The Bertz CT molecular complexity index is 705. The zero-order valence-electron chi connectivity index (χ0n) is 11.2. The molecule has 0 amide bonds. The Hall–Kier alpha value is -2.01. The monoisotopic (exact) mass is 290 g/mol. The minimum Gasteiger partial charge on any atom is -0.497 e. The normalized spacial score (nSPS) is 11.1. The van der Waals surface area contributed by atoms with Crippen molar-refractivity contribution >= 4 is 22.6 Å². The molecule has 3 aromatic rings. The molecular formula is C14H15ClN4O. The Morgan fingerprint density at radius 2 is 2.20 bits per heavy atom. The number of hydrogen-bond acceptors (Lipinski definition) is 3. The van der Waals surface area contributed by atoms with Gasteiger partial charge in [-0.1, -0.05) is 0 Å². The maximum Gasteiger partial charge on any atom is 0.124 e. The first kappa shape index (κ1) is 13.0. The number of hydrogen-bond donors (Lipinski definition) is 0. The van der Waals surface area contributed by atoms with E-state index < -0.39 is 0 Å². The molecular weight excluding hydrogens is 276 g/mol. The fourth-order valence-corrected chi connectivity index (χ4v) is 2.47. The van der Waals surface area contributed by atoms with Gasteiger partial charge in [-0.15, -0.1) is 11.6 Å². The molecule has 0 N–H and O–H groups in total. The molecule has 0 atom stereocenters. The smallest absolute Gasteiger partial charge is 0.124 e. The van der Waals surface area contributed by atoms with Crippen molar-refractivity contribution in [1.82, 2.24) is 19.1 Å². The highest BCUT2D eigenvalue weighted by atomic mass is 35.5. The molecule has 0 fully saturated rings. The van der Waals surface area contributed by atoms with Crippen LogP contribution in [0.5, 0.6) is 5.75 Å². The second-order valence-electron chi connectivity index (χ2n) is 4.47. The molecule has 0 spiro atoms. The lowest BCUT2D eigenvalue weighted by molar-refractivity contribution is 0.415. The van der Waals surface area contributed by atoms with E-state index in [4.69, 9.17) is 16.3 Å². The summed E-state index contributed by atoms with van der Waals surface area (Å²) < 4.78 is 9.44. The summed E-state index contributed by atoms with van der Waals surface area (Å²) in [5, 5.41) is 0. The highest BCUT2D eigenvalue weighted by molar-refractivity contribution is 6.16. The summed E-state index contributed by atoms with van der Waals surface area (Å²) in [5.74, 6) is 2.08. The van der Waals surface area contributed by atoms with Crippen LogP contribution in [0.4, 0.5) is 0 Å². The molecule has 0 aliphatic carbocycles. The van der Waals surface area contributed by atoms with Gasteiger partial charge in [0.15, 0.2) is 0 Å². The minimum absolute atomic E-state index is 0.390. The van der Waals surface area contributed by atoms with Gasteiger partial charge in [0.05, 0.1) is 30.4 Å². The van der Waals surface area contributed by atoms with Gasteiger partial charge in [0.1, 0.15) is 11.6 Å². The Labute approximate surface area is 121 Å². The number of aromatic nitrogens is 4. The Morgan fingerprint density at radius 1 is 1.30 bits per heavy atom. The second-order valence-corrected chi connectivity index (χ2v) is 4.74. The first-order valence-electron chi connectivity index (χ1n) is 6.36. The number of ether oxygens (including phenoxy) is 1. The van der Waals surface area contributed by atoms with Crippen molar-refractivity contribution < 1.29 is 4.74 Å². The average molecular weight is 291 g/mol.